The van der Waals surface area contributed by atoms with Crippen LogP contribution >= 0.6 is 11.3 Å². The monoisotopic (exact) mass is 419 g/mol. The van der Waals surface area contributed by atoms with Gasteiger partial charge in [0.1, 0.15) is 0 Å². The van der Waals surface area contributed by atoms with E-state index in [1.165, 1.54) is 38.2 Å². The van der Waals surface area contributed by atoms with Gasteiger partial charge in [0.05, 0.1) is 4.88 Å². The molecule has 0 unspecified atom stereocenters. The topological polar surface area (TPSA) is 66.4 Å². The zero-order valence-electron chi connectivity index (χ0n) is 14.1. The number of hydrogen-bond acceptors (Lipinski definition) is 4. The Morgan fingerprint density at radius 1 is 1.04 bits per heavy atom. The minimum atomic E-state index is -5.08. The van der Waals surface area contributed by atoms with Gasteiger partial charge in [-0.3, -0.25) is 4.79 Å². The molecule has 0 bridgehead atoms. The fourth-order valence-electron chi connectivity index (χ4n) is 2.53. The molecule has 2 N–H and O–H groups in total. The largest absolute Gasteiger partial charge is 0.490 e. The van der Waals surface area contributed by atoms with Crippen LogP contribution in [0.1, 0.15) is 46.7 Å². The van der Waals surface area contributed by atoms with E-state index in [4.69, 9.17) is 9.90 Å². The van der Waals surface area contributed by atoms with Gasteiger partial charge < -0.3 is 10.4 Å². The Morgan fingerprint density at radius 3 is 2.07 bits per heavy atom. The molecule has 0 aromatic carbocycles. The Bertz CT molecular complexity index is 620. The van der Waals surface area contributed by atoms with E-state index in [1.807, 2.05) is 0 Å². The van der Waals surface area contributed by atoms with Crippen molar-refractivity contribution in [1.29, 1.82) is 0 Å². The lowest BCUT2D eigenvalue weighted by molar-refractivity contribution is -0.192. The van der Waals surface area contributed by atoms with E-state index < -0.39 is 24.1 Å². The van der Waals surface area contributed by atoms with Crippen molar-refractivity contribution in [2.45, 2.75) is 51.0 Å². The van der Waals surface area contributed by atoms with Gasteiger partial charge in [-0.1, -0.05) is 19.3 Å². The van der Waals surface area contributed by atoms with Crippen LogP contribution in [0.15, 0.2) is 12.1 Å². The highest BCUT2D eigenvalue weighted by atomic mass is 32.1. The third kappa shape index (κ3) is 8.74. The summed E-state index contributed by atoms with van der Waals surface area (Å²) in [4.78, 5) is 20.5. The van der Waals surface area contributed by atoms with Crippen LogP contribution in [0.3, 0.4) is 0 Å². The lowest BCUT2D eigenvalue weighted by Crippen LogP contribution is -2.23. The average molecular weight is 419 g/mol. The summed E-state index contributed by atoms with van der Waals surface area (Å²) in [6.45, 7) is 1.44. The summed E-state index contributed by atoms with van der Waals surface area (Å²) in [6, 6.07) is 2.86. The van der Waals surface area contributed by atoms with Gasteiger partial charge in [-0.25, -0.2) is 4.79 Å². The quantitative estimate of drug-likeness (QED) is 0.532. The zero-order chi connectivity index (χ0) is 20.7. The number of rotatable bonds is 5. The maximum Gasteiger partial charge on any atom is 0.490 e. The SMILES string of the molecule is O=C(O)C(F)(F)F.O=C(c1ccc(CNCC2CCCCC2)s1)C(F)(F)F. The van der Waals surface area contributed by atoms with Crippen molar-refractivity contribution in [3.63, 3.8) is 0 Å². The van der Waals surface area contributed by atoms with Gasteiger partial charge in [-0.2, -0.15) is 26.3 Å². The van der Waals surface area contributed by atoms with E-state index in [0.29, 0.717) is 12.5 Å². The number of Topliss-reactive ketones (excluding diaryl/α,β-unsaturated/α-hetero) is 1. The van der Waals surface area contributed by atoms with Crippen LogP contribution < -0.4 is 5.32 Å². The molecule has 0 atom stereocenters. The lowest BCUT2D eigenvalue weighted by atomic mass is 9.89. The van der Waals surface area contributed by atoms with Crippen molar-refractivity contribution in [3.8, 4) is 0 Å². The molecule has 2 rings (SSSR count). The fourth-order valence-corrected chi connectivity index (χ4v) is 3.46. The summed E-state index contributed by atoms with van der Waals surface area (Å²) in [5.74, 6) is -3.83. The third-order valence-electron chi connectivity index (χ3n) is 3.84. The van der Waals surface area contributed by atoms with E-state index in [1.54, 1.807) is 6.07 Å². The van der Waals surface area contributed by atoms with Crippen molar-refractivity contribution in [3.05, 3.63) is 21.9 Å². The van der Waals surface area contributed by atoms with E-state index >= 15 is 0 Å². The van der Waals surface area contributed by atoms with Gasteiger partial charge in [0.15, 0.2) is 0 Å². The van der Waals surface area contributed by atoms with Crippen LogP contribution in [-0.2, 0) is 11.3 Å². The third-order valence-corrected chi connectivity index (χ3v) is 4.93. The molecule has 1 saturated carbocycles. The molecule has 1 heterocycles. The number of ketones is 1. The van der Waals surface area contributed by atoms with E-state index in [0.717, 1.165) is 22.8 Å². The number of alkyl halides is 6. The Hall–Kier alpha value is -1.62. The first-order valence-electron chi connectivity index (χ1n) is 8.12. The number of carbonyl (C=O) groups is 2. The molecule has 0 spiro atoms. The molecule has 27 heavy (non-hydrogen) atoms. The first-order valence-corrected chi connectivity index (χ1v) is 8.94. The van der Waals surface area contributed by atoms with Crippen LogP contribution in [0.5, 0.6) is 0 Å². The molecule has 1 aromatic heterocycles. The number of carboxylic acid groups (broad SMARTS) is 1. The molecule has 0 amide bonds. The Morgan fingerprint density at radius 2 is 1.59 bits per heavy atom. The lowest BCUT2D eigenvalue weighted by Gasteiger charge is -2.21. The van der Waals surface area contributed by atoms with Gasteiger partial charge in [-0.15, -0.1) is 11.3 Å². The van der Waals surface area contributed by atoms with Crippen LogP contribution in [0.25, 0.3) is 0 Å². The van der Waals surface area contributed by atoms with Gasteiger partial charge >= 0.3 is 18.3 Å². The maximum absolute atomic E-state index is 12.3. The van der Waals surface area contributed by atoms with E-state index in [2.05, 4.69) is 5.32 Å². The van der Waals surface area contributed by atoms with Crippen LogP contribution in [0, 0.1) is 5.92 Å². The minimum Gasteiger partial charge on any atom is -0.475 e. The standard InChI is InChI=1S/C14H18F3NOS.C2HF3O2/c15-14(16,17)13(19)12-7-6-11(20-12)9-18-8-10-4-2-1-3-5-10;3-2(4,5)1(6)7/h6-7,10,18H,1-5,8-9H2;(H,6,7). The van der Waals surface area contributed by atoms with E-state index in [-0.39, 0.29) is 4.88 Å². The van der Waals surface area contributed by atoms with Crippen LogP contribution in [0.4, 0.5) is 26.3 Å². The summed E-state index contributed by atoms with van der Waals surface area (Å²) in [5.41, 5.74) is 0. The van der Waals surface area contributed by atoms with Crippen molar-refractivity contribution < 1.29 is 41.0 Å². The highest BCUT2D eigenvalue weighted by Gasteiger charge is 2.40. The molecule has 1 fully saturated rings. The normalized spacial score (nSPS) is 15.8. The number of halogens is 6. The van der Waals surface area contributed by atoms with Crippen molar-refractivity contribution in [2.75, 3.05) is 6.54 Å². The molecule has 0 radical (unpaired) electrons. The number of carboxylic acids is 1. The predicted molar refractivity (Wildman–Crippen MR) is 86.7 cm³/mol. The number of aliphatic carboxylic acids is 1. The minimum absolute atomic E-state index is 0.230. The van der Waals surface area contributed by atoms with Gasteiger partial charge in [0, 0.05) is 11.4 Å². The summed E-state index contributed by atoms with van der Waals surface area (Å²) in [5, 5.41) is 10.4. The second-order valence-corrected chi connectivity index (χ2v) is 7.20. The Balaban J connectivity index is 0.000000445. The first-order chi connectivity index (χ1) is 12.4. The summed E-state index contributed by atoms with van der Waals surface area (Å²) in [7, 11) is 0. The highest BCUT2D eigenvalue weighted by molar-refractivity contribution is 7.14. The molecule has 0 saturated heterocycles. The summed E-state index contributed by atoms with van der Waals surface area (Å²) >= 11 is 0.922. The fraction of sp³-hybridized carbons (Fsp3) is 0.625. The first kappa shape index (κ1) is 23.4. The number of nitrogens with one attached hydrogen (secondary N) is 1. The maximum atomic E-state index is 12.3. The van der Waals surface area contributed by atoms with Crippen LogP contribution in [-0.4, -0.2) is 35.8 Å². The molecular weight excluding hydrogens is 400 g/mol. The molecular formula is C16H19F6NO3S. The predicted octanol–water partition coefficient (Wildman–Crippen LogP) is 4.80. The van der Waals surface area contributed by atoms with Gasteiger partial charge in [0.2, 0.25) is 0 Å². The number of carbonyl (C=O) groups excluding carboxylic acids is 1. The number of hydrogen-bond donors (Lipinski definition) is 2. The van der Waals surface area contributed by atoms with Crippen molar-refractivity contribution in [1.82, 2.24) is 5.32 Å². The summed E-state index contributed by atoms with van der Waals surface area (Å²) in [6.07, 6.45) is -3.54. The summed E-state index contributed by atoms with van der Waals surface area (Å²) < 4.78 is 68.6. The zero-order valence-corrected chi connectivity index (χ0v) is 14.9. The average Bonchev–Trinajstić information content (AvgIpc) is 3.02. The Labute approximate surface area is 155 Å². The van der Waals surface area contributed by atoms with Gasteiger partial charge in [-0.05, 0) is 37.4 Å². The Kier molecular flexibility index (Phi) is 8.73. The van der Waals surface area contributed by atoms with Crippen molar-refractivity contribution >= 4 is 23.1 Å². The highest BCUT2D eigenvalue weighted by Crippen LogP contribution is 2.27. The molecule has 1 aromatic rings. The molecule has 154 valence electrons. The van der Waals surface area contributed by atoms with E-state index in [9.17, 15) is 31.1 Å². The molecule has 1 aliphatic carbocycles. The molecule has 4 nitrogen and oxygen atoms in total. The second kappa shape index (κ2) is 10.1. The molecule has 1 aliphatic rings. The number of thiophene rings is 1. The van der Waals surface area contributed by atoms with Gasteiger partial charge in [0.25, 0.3) is 5.78 Å². The smallest absolute Gasteiger partial charge is 0.475 e. The van der Waals surface area contributed by atoms with Crippen molar-refractivity contribution in [2.24, 2.45) is 5.92 Å². The molecule has 0 aliphatic heterocycles. The second-order valence-electron chi connectivity index (χ2n) is 6.03. The molecule has 11 heteroatoms. The van der Waals surface area contributed by atoms with Crippen LogP contribution in [0.2, 0.25) is 0 Å².